The van der Waals surface area contributed by atoms with E-state index < -0.39 is 5.91 Å². The van der Waals surface area contributed by atoms with Crippen LogP contribution in [0.1, 0.15) is 60.5 Å². The monoisotopic (exact) mass is 408 g/mol. The number of nitrogens with two attached hydrogens (primary N) is 1. The Morgan fingerprint density at radius 3 is 2.23 bits per heavy atom. The molecule has 0 fully saturated rings. The highest BCUT2D eigenvalue weighted by Gasteiger charge is 2.29. The molecule has 6 nitrogen and oxygen atoms in total. The van der Waals surface area contributed by atoms with Gasteiger partial charge in [-0.25, -0.2) is 4.68 Å². The Labute approximate surface area is 177 Å². The summed E-state index contributed by atoms with van der Waals surface area (Å²) in [7, 11) is 1.87. The van der Waals surface area contributed by atoms with Gasteiger partial charge >= 0.3 is 0 Å². The molecule has 0 aliphatic heterocycles. The van der Waals surface area contributed by atoms with Crippen LogP contribution in [0.3, 0.4) is 0 Å². The number of para-hydroxylation sites is 1. The van der Waals surface area contributed by atoms with Crippen LogP contribution in [-0.4, -0.2) is 19.8 Å². The molecule has 6 heteroatoms. The summed E-state index contributed by atoms with van der Waals surface area (Å²) in [5.41, 5.74) is 11.0. The van der Waals surface area contributed by atoms with Crippen molar-refractivity contribution in [2.45, 2.75) is 59.9 Å². The Morgan fingerprint density at radius 1 is 1.00 bits per heavy atom. The van der Waals surface area contributed by atoms with Crippen LogP contribution < -0.4 is 11.3 Å². The smallest absolute Gasteiger partial charge is 0.279 e. The van der Waals surface area contributed by atoms with Crippen LogP contribution in [0.25, 0.3) is 16.8 Å². The fourth-order valence-corrected chi connectivity index (χ4v) is 4.34. The first kappa shape index (κ1) is 21.7. The minimum atomic E-state index is -0.482. The van der Waals surface area contributed by atoms with Crippen molar-refractivity contribution >= 4 is 5.91 Å². The minimum Gasteiger partial charge on any atom is -0.366 e. The lowest BCUT2D eigenvalue weighted by Crippen LogP contribution is -2.21. The maximum absolute atomic E-state index is 13.7. The van der Waals surface area contributed by atoms with Gasteiger partial charge in [0.1, 0.15) is 0 Å². The standard InChI is InChI=1S/C24H32N4O2/c1-6-8-15-27-17(4)20(23(25)29)22(19(27)12-7-2)21-16(3)26(5)28(24(21)30)18-13-10-9-11-14-18/h9-11,13-14H,6-8,12,15H2,1-5H3,(H2,25,29). The highest BCUT2D eigenvalue weighted by molar-refractivity contribution is 6.02. The van der Waals surface area contributed by atoms with Crippen LogP contribution in [0.5, 0.6) is 0 Å². The molecule has 0 radical (unpaired) electrons. The van der Waals surface area contributed by atoms with Crippen LogP contribution in [0.4, 0.5) is 0 Å². The molecule has 2 aromatic heterocycles. The number of unbranched alkanes of at least 4 members (excludes halogenated alkanes) is 1. The first-order valence-corrected chi connectivity index (χ1v) is 10.7. The first-order chi connectivity index (χ1) is 14.3. The average Bonchev–Trinajstić information content (AvgIpc) is 3.11. The molecular weight excluding hydrogens is 376 g/mol. The zero-order valence-corrected chi connectivity index (χ0v) is 18.7. The van der Waals surface area contributed by atoms with Gasteiger partial charge in [-0.15, -0.1) is 0 Å². The Hall–Kier alpha value is -3.02. The molecule has 3 rings (SSSR count). The molecule has 160 valence electrons. The van der Waals surface area contributed by atoms with Crippen LogP contribution in [0.2, 0.25) is 0 Å². The Morgan fingerprint density at radius 2 is 1.67 bits per heavy atom. The summed E-state index contributed by atoms with van der Waals surface area (Å²) in [6.07, 6.45) is 3.76. The average molecular weight is 409 g/mol. The molecule has 30 heavy (non-hydrogen) atoms. The second-order valence-corrected chi connectivity index (χ2v) is 7.84. The van der Waals surface area contributed by atoms with E-state index >= 15 is 0 Å². The molecular formula is C24H32N4O2. The Bertz CT molecular complexity index is 1120. The molecule has 0 atom stereocenters. The van der Waals surface area contributed by atoms with Crippen molar-refractivity contribution < 1.29 is 4.79 Å². The number of primary amides is 1. The zero-order valence-electron chi connectivity index (χ0n) is 18.7. The van der Waals surface area contributed by atoms with Crippen molar-refractivity contribution in [1.29, 1.82) is 0 Å². The molecule has 0 aliphatic rings. The highest BCUT2D eigenvalue weighted by atomic mass is 16.1. The summed E-state index contributed by atoms with van der Waals surface area (Å²) in [6, 6.07) is 9.56. The molecule has 2 N–H and O–H groups in total. The number of hydrogen-bond donors (Lipinski definition) is 1. The van der Waals surface area contributed by atoms with Gasteiger partial charge in [0.25, 0.3) is 11.5 Å². The van der Waals surface area contributed by atoms with Crippen LogP contribution in [0, 0.1) is 13.8 Å². The number of aromatic nitrogens is 3. The van der Waals surface area contributed by atoms with E-state index in [9.17, 15) is 9.59 Å². The highest BCUT2D eigenvalue weighted by Crippen LogP contribution is 2.34. The van der Waals surface area contributed by atoms with Crippen molar-refractivity contribution in [3.8, 4) is 16.8 Å². The van der Waals surface area contributed by atoms with Crippen molar-refractivity contribution in [3.05, 3.63) is 63.3 Å². The summed E-state index contributed by atoms with van der Waals surface area (Å²) in [5.74, 6) is -0.482. The number of carbonyl (C=O) groups excluding carboxylic acids is 1. The van der Waals surface area contributed by atoms with Crippen LogP contribution >= 0.6 is 0 Å². The largest absolute Gasteiger partial charge is 0.366 e. The minimum absolute atomic E-state index is 0.131. The van der Waals surface area contributed by atoms with E-state index in [2.05, 4.69) is 18.4 Å². The third-order valence-corrected chi connectivity index (χ3v) is 5.90. The quantitative estimate of drug-likeness (QED) is 0.609. The van der Waals surface area contributed by atoms with E-state index in [4.69, 9.17) is 5.73 Å². The SMILES string of the molecule is CCCCn1c(C)c(C(N)=O)c(-c2c(C)n(C)n(-c3ccccc3)c2=O)c1CCC. The summed E-state index contributed by atoms with van der Waals surface area (Å²) in [4.78, 5) is 26.2. The molecule has 0 unspecified atom stereocenters. The molecule has 0 spiro atoms. The number of amides is 1. The third-order valence-electron chi connectivity index (χ3n) is 5.90. The normalized spacial score (nSPS) is 11.2. The summed E-state index contributed by atoms with van der Waals surface area (Å²) >= 11 is 0. The number of hydrogen-bond acceptors (Lipinski definition) is 2. The molecule has 1 amide bonds. The van der Waals surface area contributed by atoms with Crippen LogP contribution in [0.15, 0.2) is 35.1 Å². The van der Waals surface area contributed by atoms with Crippen molar-refractivity contribution in [1.82, 2.24) is 13.9 Å². The van der Waals surface area contributed by atoms with Crippen LogP contribution in [-0.2, 0) is 20.0 Å². The molecule has 2 heterocycles. The molecule has 0 saturated carbocycles. The second-order valence-electron chi connectivity index (χ2n) is 7.84. The second kappa shape index (κ2) is 8.78. The van der Waals surface area contributed by atoms with Gasteiger partial charge in [-0.05, 0) is 38.8 Å². The topological polar surface area (TPSA) is 74.9 Å². The van der Waals surface area contributed by atoms with Gasteiger partial charge in [-0.2, -0.15) is 0 Å². The van der Waals surface area contributed by atoms with E-state index in [-0.39, 0.29) is 5.56 Å². The number of carbonyl (C=O) groups is 1. The lowest BCUT2D eigenvalue weighted by Gasteiger charge is -2.12. The van der Waals surface area contributed by atoms with Crippen molar-refractivity contribution in [2.75, 3.05) is 0 Å². The van der Waals surface area contributed by atoms with E-state index in [0.717, 1.165) is 55.0 Å². The van der Waals surface area contributed by atoms with E-state index in [1.165, 1.54) is 0 Å². The molecule has 3 aromatic rings. The fourth-order valence-electron chi connectivity index (χ4n) is 4.34. The first-order valence-electron chi connectivity index (χ1n) is 10.7. The number of benzene rings is 1. The maximum atomic E-state index is 13.7. The lowest BCUT2D eigenvalue weighted by molar-refractivity contribution is 0.1000. The number of nitrogens with zero attached hydrogens (tertiary/aromatic N) is 3. The predicted octanol–water partition coefficient (Wildman–Crippen LogP) is 4.11. The van der Waals surface area contributed by atoms with Gasteiger partial charge < -0.3 is 10.3 Å². The van der Waals surface area contributed by atoms with Gasteiger partial charge in [0.05, 0.1) is 16.8 Å². The van der Waals surface area contributed by atoms with Gasteiger partial charge in [-0.3, -0.25) is 14.3 Å². The van der Waals surface area contributed by atoms with Gasteiger partial charge in [-0.1, -0.05) is 44.9 Å². The molecule has 1 aromatic carbocycles. The van der Waals surface area contributed by atoms with Gasteiger partial charge in [0, 0.05) is 36.2 Å². The fraction of sp³-hybridized carbons (Fsp3) is 0.417. The van der Waals surface area contributed by atoms with Crippen molar-refractivity contribution in [2.24, 2.45) is 12.8 Å². The molecule has 0 bridgehead atoms. The summed E-state index contributed by atoms with van der Waals surface area (Å²) in [5, 5.41) is 0. The summed E-state index contributed by atoms with van der Waals surface area (Å²) < 4.78 is 5.71. The van der Waals surface area contributed by atoms with E-state index in [0.29, 0.717) is 16.7 Å². The predicted molar refractivity (Wildman–Crippen MR) is 121 cm³/mol. The molecule has 0 saturated heterocycles. The van der Waals surface area contributed by atoms with Crippen molar-refractivity contribution in [3.63, 3.8) is 0 Å². The summed E-state index contributed by atoms with van der Waals surface area (Å²) in [6.45, 7) is 8.94. The van der Waals surface area contributed by atoms with E-state index in [1.807, 2.05) is 55.9 Å². The third kappa shape index (κ3) is 3.51. The lowest BCUT2D eigenvalue weighted by atomic mass is 9.98. The van der Waals surface area contributed by atoms with E-state index in [1.54, 1.807) is 4.68 Å². The van der Waals surface area contributed by atoms with Gasteiger partial charge in [0.2, 0.25) is 0 Å². The molecule has 0 aliphatic carbocycles. The maximum Gasteiger partial charge on any atom is 0.279 e. The Kier molecular flexibility index (Phi) is 6.34. The Balaban J connectivity index is 2.38. The van der Waals surface area contributed by atoms with Gasteiger partial charge in [0.15, 0.2) is 0 Å². The zero-order chi connectivity index (χ0) is 22.0. The number of rotatable bonds is 8.